The summed E-state index contributed by atoms with van der Waals surface area (Å²) < 4.78 is 40.5. The van der Waals surface area contributed by atoms with Crippen molar-refractivity contribution in [1.82, 2.24) is 20.1 Å². The number of nitrogens with zero attached hydrogens (tertiary/aromatic N) is 3. The summed E-state index contributed by atoms with van der Waals surface area (Å²) in [6.07, 6.45) is -3.24. The van der Waals surface area contributed by atoms with Crippen LogP contribution in [0.1, 0.15) is 11.4 Å². The number of aromatic nitrogens is 3. The number of amides is 2. The molecule has 3 rings (SSSR count). The first kappa shape index (κ1) is 22.4. The van der Waals surface area contributed by atoms with Gasteiger partial charge in [0.25, 0.3) is 0 Å². The molecule has 0 atom stereocenters. The highest BCUT2D eigenvalue weighted by Crippen LogP contribution is 2.30. The zero-order valence-corrected chi connectivity index (χ0v) is 16.7. The molecule has 3 aromatic rings. The summed E-state index contributed by atoms with van der Waals surface area (Å²) >= 11 is 5.93. The SMILES string of the molecule is O=C(NCc1cc(C(F)(F)F)nn1-c1cccc(Cl)c1)Nc1ccc(NCCO)nc1. The Morgan fingerprint density at radius 2 is 2.00 bits per heavy atom. The van der Waals surface area contributed by atoms with Gasteiger partial charge in [-0.3, -0.25) is 0 Å². The molecular weight excluding hydrogens is 437 g/mol. The van der Waals surface area contributed by atoms with Crippen LogP contribution < -0.4 is 16.0 Å². The smallest absolute Gasteiger partial charge is 0.395 e. The molecule has 0 aliphatic heterocycles. The summed E-state index contributed by atoms with van der Waals surface area (Å²) in [6, 6.07) is 9.62. The molecule has 12 heteroatoms. The number of benzene rings is 1. The zero-order valence-electron chi connectivity index (χ0n) is 15.9. The maximum Gasteiger partial charge on any atom is 0.435 e. The van der Waals surface area contributed by atoms with E-state index in [-0.39, 0.29) is 18.8 Å². The second-order valence-corrected chi connectivity index (χ2v) is 6.74. The summed E-state index contributed by atoms with van der Waals surface area (Å²) in [4.78, 5) is 16.2. The number of hydrogen-bond donors (Lipinski definition) is 4. The van der Waals surface area contributed by atoms with Gasteiger partial charge in [-0.1, -0.05) is 17.7 Å². The number of halogens is 4. The van der Waals surface area contributed by atoms with Crippen molar-refractivity contribution in [2.75, 3.05) is 23.8 Å². The van der Waals surface area contributed by atoms with Crippen LogP contribution in [0.15, 0.2) is 48.7 Å². The molecule has 0 saturated heterocycles. The molecule has 8 nitrogen and oxygen atoms in total. The molecule has 1 aromatic carbocycles. The molecule has 164 valence electrons. The number of hydrogen-bond acceptors (Lipinski definition) is 5. The molecule has 2 heterocycles. The minimum atomic E-state index is -4.64. The Kier molecular flexibility index (Phi) is 6.98. The number of anilines is 2. The van der Waals surface area contributed by atoms with Crippen LogP contribution in [0.3, 0.4) is 0 Å². The fourth-order valence-electron chi connectivity index (χ4n) is 2.62. The van der Waals surface area contributed by atoms with E-state index in [1.165, 1.54) is 12.3 Å². The third-order valence-electron chi connectivity index (χ3n) is 4.00. The second-order valence-electron chi connectivity index (χ2n) is 6.30. The van der Waals surface area contributed by atoms with Crippen LogP contribution >= 0.6 is 11.6 Å². The Labute approximate surface area is 180 Å². The van der Waals surface area contributed by atoms with Gasteiger partial charge in [0, 0.05) is 11.6 Å². The summed E-state index contributed by atoms with van der Waals surface area (Å²) in [5.41, 5.74) is -0.256. The Hall–Kier alpha value is -3.31. The standard InChI is InChI=1S/C19H18ClF3N6O2/c20-12-2-1-3-14(8-12)29-15(9-16(28-29)19(21,22)23)11-26-18(31)27-13-4-5-17(25-10-13)24-6-7-30/h1-5,8-10,30H,6-7,11H2,(H,24,25)(H2,26,27,31). The molecule has 0 bridgehead atoms. The van der Waals surface area contributed by atoms with Crippen molar-refractivity contribution < 1.29 is 23.1 Å². The van der Waals surface area contributed by atoms with Gasteiger partial charge in [0.2, 0.25) is 0 Å². The lowest BCUT2D eigenvalue weighted by molar-refractivity contribution is -0.141. The van der Waals surface area contributed by atoms with Gasteiger partial charge < -0.3 is 21.1 Å². The monoisotopic (exact) mass is 454 g/mol. The lowest BCUT2D eigenvalue weighted by atomic mass is 10.3. The number of pyridine rings is 1. The van der Waals surface area contributed by atoms with Gasteiger partial charge in [-0.05, 0) is 36.4 Å². The van der Waals surface area contributed by atoms with Crippen LogP contribution in [0, 0.1) is 0 Å². The molecule has 0 fully saturated rings. The van der Waals surface area contributed by atoms with E-state index in [9.17, 15) is 18.0 Å². The summed E-state index contributed by atoms with van der Waals surface area (Å²) in [5, 5.41) is 20.6. The third kappa shape index (κ3) is 6.09. The predicted octanol–water partition coefficient (Wildman–Crippen LogP) is 3.67. The van der Waals surface area contributed by atoms with Gasteiger partial charge in [-0.2, -0.15) is 18.3 Å². The van der Waals surface area contributed by atoms with Crippen LogP contribution in [-0.4, -0.2) is 39.1 Å². The van der Waals surface area contributed by atoms with Crippen molar-refractivity contribution in [1.29, 1.82) is 0 Å². The average Bonchev–Trinajstić information content (AvgIpc) is 3.17. The largest absolute Gasteiger partial charge is 0.435 e. The maximum absolute atomic E-state index is 13.1. The van der Waals surface area contributed by atoms with E-state index in [0.717, 1.165) is 10.7 Å². The first-order valence-corrected chi connectivity index (χ1v) is 9.42. The van der Waals surface area contributed by atoms with Crippen molar-refractivity contribution in [3.63, 3.8) is 0 Å². The fourth-order valence-corrected chi connectivity index (χ4v) is 2.80. The number of carbonyl (C=O) groups is 1. The molecular formula is C19H18ClF3N6O2. The number of rotatable bonds is 7. The molecule has 0 unspecified atom stereocenters. The van der Waals surface area contributed by atoms with Crippen molar-refractivity contribution >= 4 is 29.1 Å². The Morgan fingerprint density at radius 3 is 2.65 bits per heavy atom. The van der Waals surface area contributed by atoms with Gasteiger partial charge in [0.1, 0.15) is 5.82 Å². The van der Waals surface area contributed by atoms with E-state index < -0.39 is 17.9 Å². The third-order valence-corrected chi connectivity index (χ3v) is 4.23. The van der Waals surface area contributed by atoms with Gasteiger partial charge in [-0.15, -0.1) is 0 Å². The Balaban J connectivity index is 1.70. The van der Waals surface area contributed by atoms with Crippen LogP contribution in [0.4, 0.5) is 29.5 Å². The van der Waals surface area contributed by atoms with Crippen LogP contribution in [0.25, 0.3) is 5.69 Å². The summed E-state index contributed by atoms with van der Waals surface area (Å²) in [5.74, 6) is 0.519. The normalized spacial score (nSPS) is 11.3. The summed E-state index contributed by atoms with van der Waals surface area (Å²) in [6.45, 7) is 0.0669. The molecule has 0 saturated carbocycles. The number of urea groups is 1. The van der Waals surface area contributed by atoms with Gasteiger partial charge in [-0.25, -0.2) is 14.5 Å². The van der Waals surface area contributed by atoms with E-state index in [4.69, 9.17) is 16.7 Å². The molecule has 0 radical (unpaired) electrons. The molecule has 2 aromatic heterocycles. The van der Waals surface area contributed by atoms with E-state index in [1.54, 1.807) is 30.3 Å². The molecule has 0 spiro atoms. The van der Waals surface area contributed by atoms with Crippen LogP contribution in [0.2, 0.25) is 5.02 Å². The highest BCUT2D eigenvalue weighted by atomic mass is 35.5. The zero-order chi connectivity index (χ0) is 22.4. The number of carbonyl (C=O) groups excluding carboxylic acids is 1. The molecule has 0 aliphatic carbocycles. The fraction of sp³-hybridized carbons (Fsp3) is 0.211. The quantitative estimate of drug-likeness (QED) is 0.436. The number of aliphatic hydroxyl groups excluding tert-OH is 1. The van der Waals surface area contributed by atoms with Crippen LogP contribution in [0.5, 0.6) is 0 Å². The second kappa shape index (κ2) is 9.67. The lowest BCUT2D eigenvalue weighted by Crippen LogP contribution is -2.29. The lowest BCUT2D eigenvalue weighted by Gasteiger charge is -2.10. The molecule has 0 aliphatic rings. The van der Waals surface area contributed by atoms with E-state index in [0.29, 0.717) is 28.8 Å². The van der Waals surface area contributed by atoms with E-state index in [1.807, 2.05) is 0 Å². The molecule has 2 amide bonds. The molecule has 4 N–H and O–H groups in total. The minimum absolute atomic E-state index is 0.0497. The highest BCUT2D eigenvalue weighted by molar-refractivity contribution is 6.30. The highest BCUT2D eigenvalue weighted by Gasteiger charge is 2.35. The Morgan fingerprint density at radius 1 is 1.19 bits per heavy atom. The average molecular weight is 455 g/mol. The van der Waals surface area contributed by atoms with Crippen LogP contribution in [-0.2, 0) is 12.7 Å². The topological polar surface area (TPSA) is 104 Å². The van der Waals surface area contributed by atoms with Crippen molar-refractivity contribution in [3.8, 4) is 5.69 Å². The maximum atomic E-state index is 13.1. The van der Waals surface area contributed by atoms with Gasteiger partial charge in [0.05, 0.1) is 36.4 Å². The van der Waals surface area contributed by atoms with Crippen molar-refractivity contribution in [2.24, 2.45) is 0 Å². The number of nitrogens with one attached hydrogen (secondary N) is 3. The van der Waals surface area contributed by atoms with Crippen molar-refractivity contribution in [2.45, 2.75) is 12.7 Å². The molecule has 31 heavy (non-hydrogen) atoms. The van der Waals surface area contributed by atoms with Gasteiger partial charge >= 0.3 is 12.2 Å². The minimum Gasteiger partial charge on any atom is -0.395 e. The van der Waals surface area contributed by atoms with E-state index >= 15 is 0 Å². The van der Waals surface area contributed by atoms with Crippen molar-refractivity contribution in [3.05, 3.63) is 65.1 Å². The van der Waals surface area contributed by atoms with Gasteiger partial charge in [0.15, 0.2) is 5.69 Å². The number of alkyl halides is 3. The van der Waals surface area contributed by atoms with E-state index in [2.05, 4.69) is 26.0 Å². The first-order chi connectivity index (χ1) is 14.8. The summed E-state index contributed by atoms with van der Waals surface area (Å²) in [7, 11) is 0. The Bertz CT molecular complexity index is 1040. The first-order valence-electron chi connectivity index (χ1n) is 9.04. The predicted molar refractivity (Wildman–Crippen MR) is 109 cm³/mol. The number of aliphatic hydroxyl groups is 1.